The van der Waals surface area contributed by atoms with Gasteiger partial charge in [-0.3, -0.25) is 37.6 Å². The van der Waals surface area contributed by atoms with Crippen LogP contribution in [0.25, 0.3) is 10.9 Å². The third-order valence-corrected chi connectivity index (χ3v) is 13.8. The maximum Gasteiger partial charge on any atom is 0.410 e. The summed E-state index contributed by atoms with van der Waals surface area (Å²) in [4.78, 5) is 96.5. The van der Waals surface area contributed by atoms with E-state index in [4.69, 9.17) is 24.3 Å². The van der Waals surface area contributed by atoms with Crippen LogP contribution in [0, 0.1) is 0 Å². The number of nitrogens with one attached hydrogen (secondary N) is 4. The number of aromatic amines is 1. The minimum Gasteiger partial charge on any atom is -0.434 e. The highest BCUT2D eigenvalue weighted by Crippen LogP contribution is 2.67. The number of alkyl halides is 2. The second-order valence-electron chi connectivity index (χ2n) is 16.7. The SMILES string of the molecule is NC(=O)CCC(NC(=O)[C@@H]1CCC2CCCC[C@@H](NC(=O)c3cc4cc(C(F)(F)P(=O)(OCOC(=O)c5ccccc5)OCOC(=O)c5ccccc5)ccc4[nH]3)C(=O)N21)C(=O)NCc1ccccc1. The zero-order chi connectivity index (χ0) is 49.8. The van der Waals surface area contributed by atoms with Gasteiger partial charge in [-0.15, -0.1) is 0 Å². The molecule has 4 atom stereocenters. The number of esters is 2. The number of primary amides is 1. The first-order valence-electron chi connectivity index (χ1n) is 22.5. The van der Waals surface area contributed by atoms with Gasteiger partial charge in [0.05, 0.1) is 11.1 Å². The van der Waals surface area contributed by atoms with Crippen molar-refractivity contribution >= 4 is 60.0 Å². The number of hydrogen-bond acceptors (Lipinski definition) is 12. The normalized spacial score (nSPS) is 17.6. The second kappa shape index (κ2) is 22.9. The fourth-order valence-electron chi connectivity index (χ4n) is 8.30. The van der Waals surface area contributed by atoms with Crippen LogP contribution in [0.15, 0.2) is 115 Å². The molecule has 2 saturated heterocycles. The average molecular weight is 985 g/mol. The van der Waals surface area contributed by atoms with Crippen LogP contribution in [0.2, 0.25) is 0 Å². The molecule has 0 aliphatic carbocycles. The molecule has 1 aromatic heterocycles. The standard InChI is InChI=1S/C49H51F2N6O12P/c50-49(51,70(65,68-29-66-47(63)32-14-6-2-7-15-32)69-30-67-48(64)33-16-8-3-9-17-33)35-20-22-37-34(26-35)27-40(54-37)44(60)56-39-19-11-10-18-36-21-24-41(57(36)46(39)62)45(61)55-38(23-25-42(52)58)43(59)53-28-31-12-4-1-5-13-31/h1-9,12-17,20,22,26-27,36,38-39,41,54H,10-11,18-19,21,23-25,28-30H2,(H2,52,58)(H,53,59)(H,55,61)(H,56,60)/t36?,38?,39-,41+/m1/s1. The Hall–Kier alpha value is -7.28. The van der Waals surface area contributed by atoms with Crippen LogP contribution < -0.4 is 21.7 Å². The van der Waals surface area contributed by atoms with Gasteiger partial charge in [0.1, 0.15) is 23.8 Å². The third-order valence-electron chi connectivity index (χ3n) is 12.0. The summed E-state index contributed by atoms with van der Waals surface area (Å²) in [5.41, 5.74) is 1.03. The summed E-state index contributed by atoms with van der Waals surface area (Å²) in [6.07, 6.45) is 2.60. The highest BCUT2D eigenvalue weighted by molar-refractivity contribution is 7.54. The summed E-state index contributed by atoms with van der Waals surface area (Å²) in [7, 11) is -5.71. The molecule has 18 nitrogen and oxygen atoms in total. The summed E-state index contributed by atoms with van der Waals surface area (Å²) in [5.74, 6) is -5.03. The molecule has 4 aromatic carbocycles. The van der Waals surface area contributed by atoms with Crippen LogP contribution in [0.5, 0.6) is 0 Å². The Balaban J connectivity index is 1.04. The lowest BCUT2D eigenvalue weighted by Gasteiger charge is -2.35. The molecular formula is C49H51F2N6O12P. The molecule has 21 heteroatoms. The minimum atomic E-state index is -5.71. The predicted molar refractivity (Wildman–Crippen MR) is 247 cm³/mol. The molecule has 7 rings (SSSR count). The molecule has 0 spiro atoms. The van der Waals surface area contributed by atoms with E-state index in [1.54, 1.807) is 12.1 Å². The fourth-order valence-corrected chi connectivity index (χ4v) is 9.54. The van der Waals surface area contributed by atoms with Crippen molar-refractivity contribution in [1.29, 1.82) is 0 Å². The van der Waals surface area contributed by atoms with Crippen molar-refractivity contribution in [2.75, 3.05) is 13.6 Å². The van der Waals surface area contributed by atoms with Crippen LogP contribution in [0.4, 0.5) is 8.78 Å². The minimum absolute atomic E-state index is 0.0546. The van der Waals surface area contributed by atoms with E-state index in [1.165, 1.54) is 65.6 Å². The molecule has 2 fully saturated rings. The zero-order valence-electron chi connectivity index (χ0n) is 37.7. The Kier molecular flexibility index (Phi) is 16.5. The molecule has 0 bridgehead atoms. The molecule has 0 radical (unpaired) electrons. The lowest BCUT2D eigenvalue weighted by atomic mass is 9.98. The summed E-state index contributed by atoms with van der Waals surface area (Å²) in [5, 5.41) is 8.30. The maximum atomic E-state index is 16.5. The van der Waals surface area contributed by atoms with Crippen molar-refractivity contribution in [3.8, 4) is 0 Å². The Morgan fingerprint density at radius 3 is 2.00 bits per heavy atom. The first-order chi connectivity index (χ1) is 33.6. The number of halogens is 2. The quantitative estimate of drug-likeness (QED) is 0.0334. The van der Waals surface area contributed by atoms with Crippen molar-refractivity contribution in [2.24, 2.45) is 5.73 Å². The number of nitrogens with zero attached hydrogens (tertiary/aromatic N) is 1. The average Bonchev–Trinajstić information content (AvgIpc) is 4.00. The summed E-state index contributed by atoms with van der Waals surface area (Å²) in [6, 6.07) is 24.9. The number of aromatic nitrogens is 1. The third kappa shape index (κ3) is 12.3. The molecule has 2 aliphatic heterocycles. The van der Waals surface area contributed by atoms with Gasteiger partial charge in [-0.25, -0.2) is 9.59 Å². The molecular weight excluding hydrogens is 934 g/mol. The first kappa shape index (κ1) is 50.6. The first-order valence-corrected chi connectivity index (χ1v) is 24.1. The highest BCUT2D eigenvalue weighted by atomic mass is 31.2. The zero-order valence-corrected chi connectivity index (χ0v) is 38.6. The van der Waals surface area contributed by atoms with Gasteiger partial charge in [-0.1, -0.05) is 85.6 Å². The van der Waals surface area contributed by atoms with Crippen molar-refractivity contribution in [1.82, 2.24) is 25.8 Å². The van der Waals surface area contributed by atoms with Crippen molar-refractivity contribution in [2.45, 2.75) is 87.7 Å². The second-order valence-corrected chi connectivity index (χ2v) is 18.8. The van der Waals surface area contributed by atoms with Gasteiger partial charge in [0, 0.05) is 35.5 Å². The highest BCUT2D eigenvalue weighted by Gasteiger charge is 2.56. The Morgan fingerprint density at radius 1 is 0.786 bits per heavy atom. The van der Waals surface area contributed by atoms with Gasteiger partial charge in [-0.2, -0.15) is 8.78 Å². The van der Waals surface area contributed by atoms with Crippen molar-refractivity contribution in [3.05, 3.63) is 143 Å². The van der Waals surface area contributed by atoms with Gasteiger partial charge in [0.2, 0.25) is 37.2 Å². The molecule has 5 amide bonds. The molecule has 368 valence electrons. The summed E-state index contributed by atoms with van der Waals surface area (Å²) < 4.78 is 67.0. The maximum absolute atomic E-state index is 16.5. The predicted octanol–water partition coefficient (Wildman–Crippen LogP) is 6.17. The van der Waals surface area contributed by atoms with Gasteiger partial charge in [0.25, 0.3) is 5.91 Å². The fraction of sp³-hybridized carbons (Fsp3) is 0.327. The van der Waals surface area contributed by atoms with Crippen molar-refractivity contribution in [3.63, 3.8) is 0 Å². The van der Waals surface area contributed by atoms with Crippen LogP contribution in [0.3, 0.4) is 0 Å². The Labute approximate surface area is 400 Å². The number of ether oxygens (including phenoxy) is 2. The number of hydrogen-bond donors (Lipinski definition) is 5. The number of rotatable bonds is 20. The summed E-state index contributed by atoms with van der Waals surface area (Å²) >= 11 is 0. The van der Waals surface area contributed by atoms with E-state index < -0.39 is 92.0 Å². The van der Waals surface area contributed by atoms with Crippen LogP contribution >= 0.6 is 7.60 Å². The van der Waals surface area contributed by atoms with Crippen LogP contribution in [-0.2, 0) is 54.5 Å². The largest absolute Gasteiger partial charge is 0.434 e. The number of carbonyl (C=O) groups is 7. The van der Waals surface area contributed by atoms with E-state index in [9.17, 15) is 38.1 Å². The molecule has 2 aliphatic rings. The van der Waals surface area contributed by atoms with Crippen LogP contribution in [-0.4, -0.2) is 89.1 Å². The van der Waals surface area contributed by atoms with Gasteiger partial charge in [-0.05, 0) is 80.1 Å². The van der Waals surface area contributed by atoms with E-state index in [0.717, 1.165) is 17.7 Å². The number of benzene rings is 4. The molecule has 5 aromatic rings. The lowest BCUT2D eigenvalue weighted by Crippen LogP contribution is -2.58. The number of H-pyrrole nitrogens is 1. The van der Waals surface area contributed by atoms with E-state index in [-0.39, 0.29) is 66.0 Å². The topological polar surface area (TPSA) is 255 Å². The Bertz CT molecular complexity index is 2680. The van der Waals surface area contributed by atoms with Gasteiger partial charge < -0.3 is 41.0 Å². The number of fused-ring (bicyclic) bond motifs is 2. The van der Waals surface area contributed by atoms with E-state index in [0.29, 0.717) is 25.7 Å². The molecule has 70 heavy (non-hydrogen) atoms. The monoisotopic (exact) mass is 984 g/mol. The molecule has 3 heterocycles. The molecule has 6 N–H and O–H groups in total. The lowest BCUT2D eigenvalue weighted by molar-refractivity contribution is -0.143. The van der Waals surface area contributed by atoms with E-state index in [2.05, 4.69) is 20.9 Å². The molecule has 2 unspecified atom stereocenters. The van der Waals surface area contributed by atoms with Crippen molar-refractivity contribution < 1.29 is 65.4 Å². The number of nitrogens with two attached hydrogens (primary N) is 1. The Morgan fingerprint density at radius 2 is 1.39 bits per heavy atom. The van der Waals surface area contributed by atoms with E-state index in [1.807, 2.05) is 30.3 Å². The van der Waals surface area contributed by atoms with Gasteiger partial charge in [0.15, 0.2) is 0 Å². The number of amides is 5. The smallest absolute Gasteiger partial charge is 0.410 e. The number of carbonyl (C=O) groups excluding carboxylic acids is 7. The van der Waals surface area contributed by atoms with Crippen LogP contribution in [0.1, 0.15) is 93.7 Å². The van der Waals surface area contributed by atoms with E-state index >= 15 is 8.78 Å². The van der Waals surface area contributed by atoms with Gasteiger partial charge >= 0.3 is 25.2 Å². The summed E-state index contributed by atoms with van der Waals surface area (Å²) in [6.45, 7) is -2.31. The molecule has 0 saturated carbocycles.